The molecule has 1 aromatic carbocycles. The molecule has 0 aromatic heterocycles. The number of allylic oxidation sites excluding steroid dienone is 1. The molecule has 0 amide bonds. The number of ketones is 1. The lowest BCUT2D eigenvalue weighted by molar-refractivity contribution is -0.112. The molecule has 0 atom stereocenters. The van der Waals surface area contributed by atoms with Crippen molar-refractivity contribution >= 4 is 17.3 Å². The molecule has 0 radical (unpaired) electrons. The number of carbonyl (C=O) groups is 1. The Morgan fingerprint density at radius 1 is 1.13 bits per heavy atom. The van der Waals surface area contributed by atoms with Gasteiger partial charge in [0.05, 0.1) is 5.69 Å². The van der Waals surface area contributed by atoms with E-state index in [4.69, 9.17) is 0 Å². The van der Waals surface area contributed by atoms with E-state index in [1.54, 1.807) is 12.3 Å². The monoisotopic (exact) mass is 199 g/mol. The van der Waals surface area contributed by atoms with Crippen LogP contribution in [0.3, 0.4) is 0 Å². The molecule has 4 nitrogen and oxygen atoms in total. The number of rotatable bonds is 1. The van der Waals surface area contributed by atoms with Gasteiger partial charge in [0.15, 0.2) is 0 Å². The Morgan fingerprint density at radius 2 is 1.93 bits per heavy atom. The van der Waals surface area contributed by atoms with E-state index in [1.165, 1.54) is 0 Å². The highest BCUT2D eigenvalue weighted by Crippen LogP contribution is 2.11. The van der Waals surface area contributed by atoms with Crippen molar-refractivity contribution in [2.45, 2.75) is 6.42 Å². The average Bonchev–Trinajstić information content (AvgIpc) is 2.29. The van der Waals surface area contributed by atoms with Crippen molar-refractivity contribution in [2.75, 3.05) is 0 Å². The van der Waals surface area contributed by atoms with Crippen LogP contribution < -0.4 is 0 Å². The standard InChI is InChI=1S/C11H9N3O/c15-10-7-4-8-12-11(10)14-13-9-5-2-1-3-6-9/h1-6,8H,7H2. The highest BCUT2D eigenvalue weighted by Gasteiger charge is 2.10. The molecule has 0 spiro atoms. The van der Waals surface area contributed by atoms with Crippen LogP contribution >= 0.6 is 0 Å². The maximum atomic E-state index is 11.3. The van der Waals surface area contributed by atoms with Gasteiger partial charge in [0.1, 0.15) is 0 Å². The molecule has 0 aliphatic carbocycles. The molecule has 0 saturated heterocycles. The van der Waals surface area contributed by atoms with E-state index in [9.17, 15) is 4.79 Å². The van der Waals surface area contributed by atoms with Crippen molar-refractivity contribution in [3.05, 3.63) is 42.6 Å². The molecule has 74 valence electrons. The predicted octanol–water partition coefficient (Wildman–Crippen LogP) is 2.66. The van der Waals surface area contributed by atoms with Crippen molar-refractivity contribution < 1.29 is 4.79 Å². The van der Waals surface area contributed by atoms with Gasteiger partial charge in [0.25, 0.3) is 0 Å². The number of Topliss-reactive ketones (excluding diaryl/α,β-unsaturated/α-hetero) is 1. The number of hydrogen-bond acceptors (Lipinski definition) is 4. The van der Waals surface area contributed by atoms with Crippen LogP contribution in [0.15, 0.2) is 57.8 Å². The van der Waals surface area contributed by atoms with Crippen LogP contribution in [0.25, 0.3) is 0 Å². The molecule has 0 saturated carbocycles. The molecular formula is C11H9N3O. The number of amidine groups is 1. The molecule has 2 rings (SSSR count). The van der Waals surface area contributed by atoms with E-state index in [-0.39, 0.29) is 11.6 Å². The normalized spacial score (nSPS) is 15.7. The number of nitrogens with zero attached hydrogens (tertiary/aromatic N) is 3. The maximum absolute atomic E-state index is 11.3. The van der Waals surface area contributed by atoms with Crippen LogP contribution in [-0.4, -0.2) is 11.6 Å². The number of aliphatic imine (C=N–C) groups is 1. The molecule has 4 heteroatoms. The van der Waals surface area contributed by atoms with Crippen LogP contribution in [0, 0.1) is 0 Å². The second-order valence-electron chi connectivity index (χ2n) is 3.00. The second kappa shape index (κ2) is 4.41. The van der Waals surface area contributed by atoms with Gasteiger partial charge in [-0.3, -0.25) is 4.79 Å². The van der Waals surface area contributed by atoms with Gasteiger partial charge in [-0.05, 0) is 12.1 Å². The molecule has 1 aliphatic rings. The molecule has 0 unspecified atom stereocenters. The Balaban J connectivity index is 2.15. The SMILES string of the molecule is O=C1CC=CN=C1N=Nc1ccccc1. The minimum Gasteiger partial charge on any atom is -0.290 e. The Morgan fingerprint density at radius 3 is 2.67 bits per heavy atom. The van der Waals surface area contributed by atoms with E-state index in [2.05, 4.69) is 15.2 Å². The summed E-state index contributed by atoms with van der Waals surface area (Å²) in [6.45, 7) is 0. The van der Waals surface area contributed by atoms with Gasteiger partial charge in [-0.15, -0.1) is 10.2 Å². The third kappa shape index (κ3) is 2.43. The Kier molecular flexibility index (Phi) is 2.78. The van der Waals surface area contributed by atoms with Gasteiger partial charge < -0.3 is 0 Å². The van der Waals surface area contributed by atoms with E-state index in [0.29, 0.717) is 12.1 Å². The first kappa shape index (κ1) is 9.45. The highest BCUT2D eigenvalue weighted by atomic mass is 16.1. The lowest BCUT2D eigenvalue weighted by atomic mass is 10.2. The summed E-state index contributed by atoms with van der Waals surface area (Å²) in [5.74, 6) is 0.0681. The third-order valence-corrected chi connectivity index (χ3v) is 1.87. The smallest absolute Gasteiger partial charge is 0.218 e. The molecule has 0 fully saturated rings. The lowest BCUT2D eigenvalue weighted by Gasteiger charge is -1.98. The first-order valence-electron chi connectivity index (χ1n) is 4.59. The van der Waals surface area contributed by atoms with Gasteiger partial charge in [0.2, 0.25) is 11.6 Å². The molecule has 0 N–H and O–H groups in total. The number of carbonyl (C=O) groups excluding carboxylic acids is 1. The summed E-state index contributed by atoms with van der Waals surface area (Å²) in [5.41, 5.74) is 0.711. The minimum atomic E-state index is -0.0998. The first-order chi connectivity index (χ1) is 7.36. The van der Waals surface area contributed by atoms with Gasteiger partial charge in [-0.1, -0.05) is 24.3 Å². The zero-order valence-electron chi connectivity index (χ0n) is 8.00. The Bertz CT molecular complexity index is 446. The Labute approximate surface area is 87.1 Å². The van der Waals surface area contributed by atoms with Crippen molar-refractivity contribution in [3.8, 4) is 0 Å². The summed E-state index contributed by atoms with van der Waals surface area (Å²) < 4.78 is 0. The highest BCUT2D eigenvalue weighted by molar-refractivity contribution is 6.40. The van der Waals surface area contributed by atoms with Crippen LogP contribution in [-0.2, 0) is 4.79 Å². The topological polar surface area (TPSA) is 54.1 Å². The zero-order chi connectivity index (χ0) is 10.5. The van der Waals surface area contributed by atoms with E-state index < -0.39 is 0 Å². The van der Waals surface area contributed by atoms with E-state index in [1.807, 2.05) is 30.3 Å². The summed E-state index contributed by atoms with van der Waals surface area (Å²) in [5, 5.41) is 7.73. The molecule has 0 bridgehead atoms. The number of hydrogen-bond donors (Lipinski definition) is 0. The molecule has 1 aromatic rings. The first-order valence-corrected chi connectivity index (χ1v) is 4.59. The summed E-state index contributed by atoms with van der Waals surface area (Å²) >= 11 is 0. The van der Waals surface area contributed by atoms with Crippen molar-refractivity contribution in [3.63, 3.8) is 0 Å². The number of azo groups is 1. The van der Waals surface area contributed by atoms with Crippen molar-refractivity contribution in [2.24, 2.45) is 15.2 Å². The van der Waals surface area contributed by atoms with Crippen molar-refractivity contribution in [1.82, 2.24) is 0 Å². The molecule has 1 aliphatic heterocycles. The third-order valence-electron chi connectivity index (χ3n) is 1.87. The van der Waals surface area contributed by atoms with Gasteiger partial charge >= 0.3 is 0 Å². The lowest BCUT2D eigenvalue weighted by Crippen LogP contribution is -2.11. The summed E-state index contributed by atoms with van der Waals surface area (Å²) in [7, 11) is 0. The summed E-state index contributed by atoms with van der Waals surface area (Å²) in [6, 6.07) is 9.24. The average molecular weight is 199 g/mol. The Hall–Kier alpha value is -2.10. The summed E-state index contributed by atoms with van der Waals surface area (Å²) in [4.78, 5) is 15.1. The zero-order valence-corrected chi connectivity index (χ0v) is 8.00. The van der Waals surface area contributed by atoms with E-state index >= 15 is 0 Å². The van der Waals surface area contributed by atoms with E-state index in [0.717, 1.165) is 0 Å². The fraction of sp³-hybridized carbons (Fsp3) is 0.0909. The van der Waals surface area contributed by atoms with Crippen LogP contribution in [0.2, 0.25) is 0 Å². The van der Waals surface area contributed by atoms with Crippen LogP contribution in [0.1, 0.15) is 6.42 Å². The maximum Gasteiger partial charge on any atom is 0.218 e. The second-order valence-corrected chi connectivity index (χ2v) is 3.00. The van der Waals surface area contributed by atoms with Gasteiger partial charge in [-0.25, -0.2) is 4.99 Å². The quantitative estimate of drug-likeness (QED) is 0.641. The minimum absolute atomic E-state index is 0.0998. The summed E-state index contributed by atoms with van der Waals surface area (Å²) in [6.07, 6.45) is 3.62. The number of benzene rings is 1. The predicted molar refractivity (Wildman–Crippen MR) is 57.2 cm³/mol. The van der Waals surface area contributed by atoms with Crippen molar-refractivity contribution in [1.29, 1.82) is 0 Å². The molecule has 1 heterocycles. The molecule has 15 heavy (non-hydrogen) atoms. The fourth-order valence-corrected chi connectivity index (χ4v) is 1.13. The van der Waals surface area contributed by atoms with Gasteiger partial charge in [-0.2, -0.15) is 0 Å². The van der Waals surface area contributed by atoms with Gasteiger partial charge in [0, 0.05) is 12.6 Å². The largest absolute Gasteiger partial charge is 0.290 e. The van der Waals surface area contributed by atoms with Crippen LogP contribution in [0.5, 0.6) is 0 Å². The molecular weight excluding hydrogens is 190 g/mol. The van der Waals surface area contributed by atoms with Crippen LogP contribution in [0.4, 0.5) is 5.69 Å². The fourth-order valence-electron chi connectivity index (χ4n) is 1.13.